The van der Waals surface area contributed by atoms with Gasteiger partial charge in [0, 0.05) is 28.2 Å². The first kappa shape index (κ1) is 28.4. The fraction of sp³-hybridized carbons (Fsp3) is 0.781. The standard InChI is InChI=1S/C32H49BrN2O3Si/c1-19(2)39(20(3)4,21(5)6)35-11-10-25-29(26(33)18-34-31(25)35)30(36)28-23-13-22-14-24(28)17-32(15-22,16-23)38-27-9-7-8-12-37-27/h10-11,18-24,27-28,30,36H,7-9,12-17H2,1-6H3/t22?,23-,24?,27?,28-,30?,32+/m1/s1. The molecule has 4 aliphatic carbocycles. The Morgan fingerprint density at radius 2 is 1.72 bits per heavy atom. The van der Waals surface area contributed by atoms with Crippen LogP contribution >= 0.6 is 15.9 Å². The zero-order valence-corrected chi connectivity index (χ0v) is 27.4. The van der Waals surface area contributed by atoms with Crippen LogP contribution in [-0.2, 0) is 9.47 Å². The highest BCUT2D eigenvalue weighted by molar-refractivity contribution is 9.10. The van der Waals surface area contributed by atoms with Crippen LogP contribution in [-0.4, -0.2) is 41.1 Å². The van der Waals surface area contributed by atoms with Crippen LogP contribution in [0.15, 0.2) is 22.9 Å². The fourth-order valence-electron chi connectivity index (χ4n) is 10.5. The summed E-state index contributed by atoms with van der Waals surface area (Å²) in [6, 6.07) is 2.25. The predicted molar refractivity (Wildman–Crippen MR) is 163 cm³/mol. The van der Waals surface area contributed by atoms with E-state index in [4.69, 9.17) is 14.5 Å². The number of ether oxygens (including phenoxy) is 2. The normalized spacial score (nSPS) is 33.7. The van der Waals surface area contributed by atoms with E-state index in [0.717, 1.165) is 59.3 Å². The van der Waals surface area contributed by atoms with Crippen molar-refractivity contribution in [2.45, 2.75) is 128 Å². The molecule has 4 unspecified atom stereocenters. The number of hydrogen-bond donors (Lipinski definition) is 1. The van der Waals surface area contributed by atoms with E-state index in [1.165, 1.54) is 25.7 Å². The molecule has 1 N–H and O–H groups in total. The Balaban J connectivity index is 1.34. The Morgan fingerprint density at radius 3 is 2.31 bits per heavy atom. The zero-order valence-electron chi connectivity index (χ0n) is 24.8. The van der Waals surface area contributed by atoms with Crippen LogP contribution in [0.2, 0.25) is 16.6 Å². The van der Waals surface area contributed by atoms with E-state index < -0.39 is 14.3 Å². The molecule has 1 saturated heterocycles. The molecule has 39 heavy (non-hydrogen) atoms. The van der Waals surface area contributed by atoms with Gasteiger partial charge in [0.15, 0.2) is 14.5 Å². The van der Waals surface area contributed by atoms with Crippen molar-refractivity contribution in [2.75, 3.05) is 6.61 Å². The molecule has 1 aliphatic heterocycles. The molecule has 7 atom stereocenters. The predicted octanol–water partition coefficient (Wildman–Crippen LogP) is 8.59. The van der Waals surface area contributed by atoms with Crippen LogP contribution in [0.25, 0.3) is 11.0 Å². The largest absolute Gasteiger partial charge is 0.388 e. The smallest absolute Gasteiger partial charge is 0.171 e. The molecular formula is C32H49BrN2O3Si. The number of halogens is 1. The van der Waals surface area contributed by atoms with E-state index >= 15 is 0 Å². The lowest BCUT2D eigenvalue weighted by atomic mass is 9.48. The fourth-order valence-corrected chi connectivity index (χ4v) is 17.6. The summed E-state index contributed by atoms with van der Waals surface area (Å²) in [4.78, 5) is 5.02. The number of fused-ring (bicyclic) bond motifs is 1. The molecule has 4 saturated carbocycles. The van der Waals surface area contributed by atoms with Crippen molar-refractivity contribution in [3.05, 3.63) is 28.5 Å². The van der Waals surface area contributed by atoms with Crippen molar-refractivity contribution in [1.82, 2.24) is 9.22 Å². The second-order valence-electron chi connectivity index (χ2n) is 14.4. The summed E-state index contributed by atoms with van der Waals surface area (Å²) in [5.74, 6) is 2.01. The molecule has 4 bridgehead atoms. The van der Waals surface area contributed by atoms with Crippen LogP contribution in [0.1, 0.15) is 105 Å². The zero-order chi connectivity index (χ0) is 27.7. The van der Waals surface area contributed by atoms with E-state index in [-0.39, 0.29) is 17.8 Å². The number of aliphatic hydroxyl groups excluding tert-OH is 1. The monoisotopic (exact) mass is 616 g/mol. The van der Waals surface area contributed by atoms with Gasteiger partial charge >= 0.3 is 0 Å². The van der Waals surface area contributed by atoms with Crippen LogP contribution in [0.3, 0.4) is 0 Å². The highest BCUT2D eigenvalue weighted by Gasteiger charge is 2.58. The molecule has 216 valence electrons. The first-order chi connectivity index (χ1) is 18.6. The summed E-state index contributed by atoms with van der Waals surface area (Å²) in [6.07, 6.45) is 12.9. The first-order valence-corrected chi connectivity index (χ1v) is 18.7. The Bertz CT molecular complexity index is 1150. The van der Waals surface area contributed by atoms with Crippen LogP contribution < -0.4 is 0 Å². The SMILES string of the molecule is CC(C)[Si](C(C)C)(C(C)C)n1ccc2c(C(O)[C@H]3C4CC5C[C@@H]3C[C@@](OC3CCCCO3)(C5)C4)c(Br)cnc21. The molecular weight excluding hydrogens is 568 g/mol. The van der Waals surface area contributed by atoms with E-state index in [1.54, 1.807) is 0 Å². The second kappa shape index (κ2) is 10.5. The minimum absolute atomic E-state index is 0.0283. The van der Waals surface area contributed by atoms with Crippen molar-refractivity contribution in [3.8, 4) is 0 Å². The molecule has 0 radical (unpaired) electrons. The van der Waals surface area contributed by atoms with Gasteiger partial charge in [-0.05, 0) is 120 Å². The number of rotatable bonds is 8. The van der Waals surface area contributed by atoms with Crippen molar-refractivity contribution < 1.29 is 14.6 Å². The quantitative estimate of drug-likeness (QED) is 0.302. The highest BCUT2D eigenvalue weighted by Crippen LogP contribution is 2.63. The van der Waals surface area contributed by atoms with Gasteiger partial charge in [-0.1, -0.05) is 41.5 Å². The molecule has 5 nitrogen and oxygen atoms in total. The van der Waals surface area contributed by atoms with Crippen molar-refractivity contribution in [3.63, 3.8) is 0 Å². The minimum atomic E-state index is -1.96. The summed E-state index contributed by atoms with van der Waals surface area (Å²) in [6.45, 7) is 15.2. The van der Waals surface area contributed by atoms with Gasteiger partial charge in [0.25, 0.3) is 0 Å². The topological polar surface area (TPSA) is 56.5 Å². The molecule has 0 amide bonds. The van der Waals surface area contributed by atoms with Crippen molar-refractivity contribution in [1.29, 1.82) is 0 Å². The Morgan fingerprint density at radius 1 is 1.05 bits per heavy atom. The van der Waals surface area contributed by atoms with Gasteiger partial charge in [-0.2, -0.15) is 0 Å². The maximum atomic E-state index is 12.3. The maximum Gasteiger partial charge on any atom is 0.171 e. The lowest BCUT2D eigenvalue weighted by Gasteiger charge is -2.61. The molecule has 5 fully saturated rings. The highest BCUT2D eigenvalue weighted by atomic mass is 79.9. The molecule has 3 heterocycles. The van der Waals surface area contributed by atoms with Gasteiger partial charge in [0.1, 0.15) is 5.65 Å². The van der Waals surface area contributed by atoms with E-state index in [9.17, 15) is 5.11 Å². The number of aliphatic hydroxyl groups is 1. The van der Waals surface area contributed by atoms with Gasteiger partial charge in [0.2, 0.25) is 0 Å². The second-order valence-corrected chi connectivity index (χ2v) is 21.0. The first-order valence-electron chi connectivity index (χ1n) is 15.7. The molecule has 0 aromatic carbocycles. The molecule has 2 aromatic rings. The van der Waals surface area contributed by atoms with Crippen LogP contribution in [0.5, 0.6) is 0 Å². The Hall–Kier alpha value is -0.733. The van der Waals surface area contributed by atoms with Gasteiger partial charge in [-0.25, -0.2) is 4.98 Å². The molecule has 5 aliphatic rings. The van der Waals surface area contributed by atoms with Gasteiger partial charge in [-0.15, -0.1) is 0 Å². The third-order valence-corrected chi connectivity index (χ3v) is 18.7. The van der Waals surface area contributed by atoms with Crippen LogP contribution in [0, 0.1) is 23.7 Å². The molecule has 7 heteroatoms. The number of pyridine rings is 1. The molecule has 2 aromatic heterocycles. The summed E-state index contributed by atoms with van der Waals surface area (Å²) in [5.41, 5.74) is 3.83. The lowest BCUT2D eigenvalue weighted by molar-refractivity contribution is -0.277. The molecule has 0 spiro atoms. The molecule has 7 rings (SSSR count). The number of aromatic nitrogens is 2. The van der Waals surface area contributed by atoms with E-state index in [1.807, 2.05) is 6.20 Å². The summed E-state index contributed by atoms with van der Waals surface area (Å²) >= 11 is 3.85. The minimum Gasteiger partial charge on any atom is -0.388 e. The Kier molecular flexibility index (Phi) is 7.66. The average molecular weight is 618 g/mol. The number of nitrogens with zero attached hydrogens (tertiary/aromatic N) is 2. The summed E-state index contributed by atoms with van der Waals surface area (Å²) < 4.78 is 16.4. The van der Waals surface area contributed by atoms with Crippen molar-refractivity contribution >= 4 is 35.2 Å². The van der Waals surface area contributed by atoms with Crippen LogP contribution in [0.4, 0.5) is 0 Å². The Labute approximate surface area is 244 Å². The number of hydrogen-bond acceptors (Lipinski definition) is 4. The van der Waals surface area contributed by atoms with Gasteiger partial charge in [0.05, 0.1) is 11.7 Å². The van der Waals surface area contributed by atoms with E-state index in [2.05, 4.69) is 74.0 Å². The maximum absolute atomic E-state index is 12.3. The third kappa shape index (κ3) is 4.52. The average Bonchev–Trinajstić information content (AvgIpc) is 3.27. The van der Waals surface area contributed by atoms with E-state index in [0.29, 0.717) is 28.5 Å². The summed E-state index contributed by atoms with van der Waals surface area (Å²) in [7, 11) is -1.96. The summed E-state index contributed by atoms with van der Waals surface area (Å²) in [5, 5.41) is 13.4. The van der Waals surface area contributed by atoms with Gasteiger partial charge in [-0.3, -0.25) is 0 Å². The third-order valence-electron chi connectivity index (χ3n) is 11.4. The lowest BCUT2D eigenvalue weighted by Crippen LogP contribution is -2.58. The van der Waals surface area contributed by atoms with Crippen molar-refractivity contribution in [2.24, 2.45) is 23.7 Å². The van der Waals surface area contributed by atoms with Gasteiger partial charge < -0.3 is 18.8 Å².